The number of anilines is 3. The minimum atomic E-state index is -0.480. The van der Waals surface area contributed by atoms with Gasteiger partial charge in [0.15, 0.2) is 11.4 Å². The first-order chi connectivity index (χ1) is 18.4. The lowest BCUT2D eigenvalue weighted by molar-refractivity contribution is 0.0398. The lowest BCUT2D eigenvalue weighted by Gasteiger charge is -2.31. The van der Waals surface area contributed by atoms with Crippen molar-refractivity contribution in [2.24, 2.45) is 0 Å². The van der Waals surface area contributed by atoms with E-state index < -0.39 is 5.82 Å². The quantitative estimate of drug-likeness (QED) is 0.501. The second kappa shape index (κ2) is 13.2. The Bertz CT molecular complexity index is 1130. The zero-order chi connectivity index (χ0) is 26.9. The molecule has 0 unspecified atom stereocenters. The van der Waals surface area contributed by atoms with Gasteiger partial charge in [-0.2, -0.15) is 5.26 Å². The van der Waals surface area contributed by atoms with Gasteiger partial charge in [0, 0.05) is 57.8 Å². The van der Waals surface area contributed by atoms with E-state index in [1.165, 1.54) is 12.4 Å². The molecule has 0 saturated carbocycles. The summed E-state index contributed by atoms with van der Waals surface area (Å²) in [7, 11) is 0. The Morgan fingerprint density at radius 2 is 2.00 bits per heavy atom. The van der Waals surface area contributed by atoms with E-state index in [4.69, 9.17) is 14.2 Å². The molecule has 0 aliphatic carbocycles. The zero-order valence-electron chi connectivity index (χ0n) is 21.8. The van der Waals surface area contributed by atoms with Crippen LogP contribution >= 0.6 is 0 Å². The predicted molar refractivity (Wildman–Crippen MR) is 139 cm³/mol. The maximum Gasteiger partial charge on any atom is 0.410 e. The van der Waals surface area contributed by atoms with Crippen LogP contribution in [0.3, 0.4) is 0 Å². The number of morpholine rings is 1. The number of halogens is 1. The van der Waals surface area contributed by atoms with Crippen LogP contribution in [0.25, 0.3) is 0 Å². The highest BCUT2D eigenvalue weighted by molar-refractivity contribution is 5.68. The number of nitrogens with zero attached hydrogens (tertiary/aromatic N) is 5. The van der Waals surface area contributed by atoms with Gasteiger partial charge >= 0.3 is 6.09 Å². The fourth-order valence-electron chi connectivity index (χ4n) is 4.28. The summed E-state index contributed by atoms with van der Waals surface area (Å²) >= 11 is 0. The normalized spacial score (nSPS) is 16.7. The van der Waals surface area contributed by atoms with Crippen molar-refractivity contribution in [2.45, 2.75) is 38.9 Å². The lowest BCUT2D eigenvalue weighted by Crippen LogP contribution is -2.42. The van der Waals surface area contributed by atoms with Crippen LogP contribution in [-0.4, -0.2) is 90.6 Å². The van der Waals surface area contributed by atoms with Crippen molar-refractivity contribution in [3.8, 4) is 11.9 Å². The summed E-state index contributed by atoms with van der Waals surface area (Å²) in [5, 5.41) is 15.9. The summed E-state index contributed by atoms with van der Waals surface area (Å²) in [5.74, 6) is -0.204. The topological polar surface area (TPSA) is 125 Å². The summed E-state index contributed by atoms with van der Waals surface area (Å²) in [6.45, 7) is 9.39. The van der Waals surface area contributed by atoms with Gasteiger partial charge in [-0.15, -0.1) is 0 Å². The number of hydrogen-bond donors (Lipinski definition) is 2. The van der Waals surface area contributed by atoms with E-state index in [2.05, 4.69) is 31.6 Å². The first kappa shape index (κ1) is 27.3. The molecule has 2 N–H and O–H groups in total. The molecule has 12 heteroatoms. The SMILES string of the molecule is CC(C)OC(=O)N1CCC(Oc2ncnc(Nc3ccc(NCCN4CCOCC4)cc3F)c2C#N)CC1. The van der Waals surface area contributed by atoms with Crippen molar-refractivity contribution in [1.29, 1.82) is 5.26 Å². The van der Waals surface area contributed by atoms with Crippen LogP contribution in [-0.2, 0) is 9.47 Å². The maximum absolute atomic E-state index is 14.9. The number of carbonyl (C=O) groups is 1. The molecule has 2 aliphatic rings. The summed E-state index contributed by atoms with van der Waals surface area (Å²) in [4.78, 5) is 24.3. The van der Waals surface area contributed by atoms with E-state index in [0.717, 1.165) is 32.8 Å². The molecule has 4 rings (SSSR count). The third-order valence-electron chi connectivity index (χ3n) is 6.32. The minimum absolute atomic E-state index is 0.0845. The Morgan fingerprint density at radius 3 is 2.68 bits per heavy atom. The van der Waals surface area contributed by atoms with E-state index >= 15 is 0 Å². The molecule has 1 aromatic carbocycles. The number of carbonyl (C=O) groups excluding carboxylic acids is 1. The van der Waals surface area contributed by atoms with Gasteiger partial charge in [-0.05, 0) is 32.0 Å². The van der Waals surface area contributed by atoms with Crippen LogP contribution in [0.4, 0.5) is 26.4 Å². The summed E-state index contributed by atoms with van der Waals surface area (Å²) in [5.41, 5.74) is 0.931. The average molecular weight is 528 g/mol. The number of benzene rings is 1. The van der Waals surface area contributed by atoms with Crippen molar-refractivity contribution < 1.29 is 23.4 Å². The van der Waals surface area contributed by atoms with Gasteiger partial charge in [-0.3, -0.25) is 4.90 Å². The van der Waals surface area contributed by atoms with E-state index in [0.29, 0.717) is 38.2 Å². The van der Waals surface area contributed by atoms with Gasteiger partial charge in [0.05, 0.1) is 25.0 Å². The van der Waals surface area contributed by atoms with Crippen molar-refractivity contribution in [2.75, 3.05) is 63.1 Å². The largest absolute Gasteiger partial charge is 0.473 e. The highest BCUT2D eigenvalue weighted by Gasteiger charge is 2.27. The molecule has 0 atom stereocenters. The monoisotopic (exact) mass is 527 g/mol. The molecule has 1 aromatic heterocycles. The molecular weight excluding hydrogens is 493 g/mol. The highest BCUT2D eigenvalue weighted by atomic mass is 19.1. The van der Waals surface area contributed by atoms with Crippen molar-refractivity contribution in [1.82, 2.24) is 19.8 Å². The second-order valence-corrected chi connectivity index (χ2v) is 9.45. The number of hydrogen-bond acceptors (Lipinski definition) is 10. The smallest absolute Gasteiger partial charge is 0.410 e. The predicted octanol–water partition coefficient (Wildman–Crippen LogP) is 3.36. The highest BCUT2D eigenvalue weighted by Crippen LogP contribution is 2.28. The lowest BCUT2D eigenvalue weighted by atomic mass is 10.1. The van der Waals surface area contributed by atoms with Crippen molar-refractivity contribution >= 4 is 23.3 Å². The zero-order valence-corrected chi connectivity index (χ0v) is 21.8. The molecule has 0 spiro atoms. The Kier molecular flexibility index (Phi) is 9.51. The van der Waals surface area contributed by atoms with E-state index in [1.54, 1.807) is 17.0 Å². The average Bonchev–Trinajstić information content (AvgIpc) is 2.91. The van der Waals surface area contributed by atoms with Gasteiger partial charge in [0.1, 0.15) is 24.3 Å². The van der Waals surface area contributed by atoms with Gasteiger partial charge in [-0.1, -0.05) is 0 Å². The van der Waals surface area contributed by atoms with Crippen molar-refractivity contribution in [3.63, 3.8) is 0 Å². The van der Waals surface area contributed by atoms with Crippen LogP contribution in [0, 0.1) is 17.1 Å². The van der Waals surface area contributed by atoms with Crippen LogP contribution in [0.1, 0.15) is 32.3 Å². The Morgan fingerprint density at radius 1 is 1.24 bits per heavy atom. The number of nitriles is 1. The third-order valence-corrected chi connectivity index (χ3v) is 6.32. The number of amides is 1. The molecule has 38 heavy (non-hydrogen) atoms. The molecule has 0 bridgehead atoms. The summed E-state index contributed by atoms with van der Waals surface area (Å²) in [6, 6.07) is 6.84. The second-order valence-electron chi connectivity index (χ2n) is 9.45. The van der Waals surface area contributed by atoms with Gasteiger partial charge in [0.25, 0.3) is 0 Å². The molecule has 2 aromatic rings. The van der Waals surface area contributed by atoms with Gasteiger partial charge in [-0.25, -0.2) is 19.2 Å². The number of piperidine rings is 1. The number of rotatable bonds is 9. The Hall–Kier alpha value is -3.69. The molecule has 204 valence electrons. The van der Waals surface area contributed by atoms with Crippen LogP contribution in [0.15, 0.2) is 24.5 Å². The van der Waals surface area contributed by atoms with Crippen LogP contribution in [0.5, 0.6) is 5.88 Å². The fourth-order valence-corrected chi connectivity index (χ4v) is 4.28. The molecule has 2 aliphatic heterocycles. The number of likely N-dealkylation sites (tertiary alicyclic amines) is 1. The summed E-state index contributed by atoms with van der Waals surface area (Å²) < 4.78 is 31.5. The van der Waals surface area contributed by atoms with Crippen molar-refractivity contribution in [3.05, 3.63) is 35.9 Å². The van der Waals surface area contributed by atoms with Crippen LogP contribution in [0.2, 0.25) is 0 Å². The maximum atomic E-state index is 14.9. The molecule has 3 heterocycles. The number of aromatic nitrogens is 2. The fraction of sp³-hybridized carbons (Fsp3) is 0.538. The first-order valence-corrected chi connectivity index (χ1v) is 12.9. The molecule has 2 fully saturated rings. The standard InChI is InChI=1S/C26H34FN7O4/c1-18(2)37-26(35)34-8-5-20(6-9-34)38-25-21(16-28)24(30-17-31-25)32-23-4-3-19(15-22(23)27)29-7-10-33-11-13-36-14-12-33/h3-4,15,17-18,20,29H,5-14H2,1-2H3,(H,30,31,32). The van der Waals surface area contributed by atoms with E-state index in [-0.39, 0.29) is 41.2 Å². The van der Waals surface area contributed by atoms with Gasteiger partial charge < -0.3 is 29.7 Å². The van der Waals surface area contributed by atoms with E-state index in [1.807, 2.05) is 13.8 Å². The molecular formula is C26H34FN7O4. The Labute approximate surface area is 221 Å². The molecule has 2 saturated heterocycles. The van der Waals surface area contributed by atoms with Gasteiger partial charge in [0.2, 0.25) is 5.88 Å². The third kappa shape index (κ3) is 7.43. The summed E-state index contributed by atoms with van der Waals surface area (Å²) in [6.07, 6.45) is 1.66. The number of nitrogens with one attached hydrogen (secondary N) is 2. The molecule has 11 nitrogen and oxygen atoms in total. The Balaban J connectivity index is 1.34. The van der Waals surface area contributed by atoms with E-state index in [9.17, 15) is 14.4 Å². The molecule has 1 amide bonds. The first-order valence-electron chi connectivity index (χ1n) is 12.9. The molecule has 0 radical (unpaired) electrons. The number of ether oxygens (including phenoxy) is 3. The minimum Gasteiger partial charge on any atom is -0.473 e. The van der Waals surface area contributed by atoms with Crippen LogP contribution < -0.4 is 15.4 Å².